The Kier molecular flexibility index (Phi) is 2.86. The van der Waals surface area contributed by atoms with Crippen molar-refractivity contribution in [1.29, 1.82) is 0 Å². The molecule has 2 heteroatoms. The van der Waals surface area contributed by atoms with Crippen LogP contribution in [-0.2, 0) is 0 Å². The van der Waals surface area contributed by atoms with Gasteiger partial charge in [-0.2, -0.15) is 5.10 Å². The molecule has 0 aromatic heterocycles. The minimum Gasteiger partial charge on any atom is -0.323 e. The lowest BCUT2D eigenvalue weighted by atomic mass is 10.0. The summed E-state index contributed by atoms with van der Waals surface area (Å²) in [4.78, 5) is 0. The summed E-state index contributed by atoms with van der Waals surface area (Å²) in [5.74, 6) is 5.61. The first-order valence-corrected chi connectivity index (χ1v) is 4.07. The molecule has 0 saturated heterocycles. The molecule has 0 saturated carbocycles. The molecule has 0 unspecified atom stereocenters. The maximum absolute atomic E-state index is 5.03. The number of nitrogens with two attached hydrogens (primary N) is 1. The zero-order chi connectivity index (χ0) is 8.97. The lowest BCUT2D eigenvalue weighted by Crippen LogP contribution is -1.89. The van der Waals surface area contributed by atoms with E-state index in [1.807, 2.05) is 12.1 Å². The molecule has 0 spiro atoms. The van der Waals surface area contributed by atoms with Crippen LogP contribution in [0.1, 0.15) is 30.9 Å². The van der Waals surface area contributed by atoms with Gasteiger partial charge in [0, 0.05) is 0 Å². The third-order valence-electron chi connectivity index (χ3n) is 1.83. The van der Waals surface area contributed by atoms with Gasteiger partial charge in [-0.3, -0.25) is 0 Å². The van der Waals surface area contributed by atoms with Crippen LogP contribution in [0.5, 0.6) is 0 Å². The van der Waals surface area contributed by atoms with Gasteiger partial charge >= 0.3 is 0 Å². The summed E-state index contributed by atoms with van der Waals surface area (Å²) in [6, 6.07) is 8.24. The Morgan fingerprint density at radius 2 is 1.83 bits per heavy atom. The Balaban J connectivity index is 2.85. The van der Waals surface area contributed by atoms with Crippen LogP contribution in [0.25, 0.3) is 0 Å². The monoisotopic (exact) mass is 162 g/mol. The normalized spacial score (nSPS) is 11.2. The third kappa shape index (κ3) is 2.09. The lowest BCUT2D eigenvalue weighted by Gasteiger charge is -2.03. The van der Waals surface area contributed by atoms with Gasteiger partial charge in [-0.25, -0.2) is 0 Å². The fourth-order valence-corrected chi connectivity index (χ4v) is 1.05. The van der Waals surface area contributed by atoms with E-state index in [9.17, 15) is 0 Å². The molecule has 1 aromatic carbocycles. The van der Waals surface area contributed by atoms with E-state index in [1.165, 1.54) is 5.56 Å². The van der Waals surface area contributed by atoms with Crippen LogP contribution in [0, 0.1) is 0 Å². The van der Waals surface area contributed by atoms with Gasteiger partial charge < -0.3 is 5.84 Å². The van der Waals surface area contributed by atoms with Crippen LogP contribution in [0.3, 0.4) is 0 Å². The largest absolute Gasteiger partial charge is 0.323 e. The predicted molar refractivity (Wildman–Crippen MR) is 52.3 cm³/mol. The highest BCUT2D eigenvalue weighted by Crippen LogP contribution is 2.13. The van der Waals surface area contributed by atoms with Crippen molar-refractivity contribution in [3.63, 3.8) is 0 Å². The van der Waals surface area contributed by atoms with E-state index in [2.05, 4.69) is 31.1 Å². The van der Waals surface area contributed by atoms with Gasteiger partial charge in [-0.1, -0.05) is 38.1 Å². The van der Waals surface area contributed by atoms with E-state index < -0.39 is 0 Å². The first-order valence-electron chi connectivity index (χ1n) is 4.07. The number of hydrazone groups is 1. The van der Waals surface area contributed by atoms with Crippen LogP contribution in [0.4, 0.5) is 0 Å². The molecular weight excluding hydrogens is 148 g/mol. The molecule has 0 aliphatic heterocycles. The Labute approximate surface area is 73.1 Å². The van der Waals surface area contributed by atoms with Gasteiger partial charge in [0.25, 0.3) is 0 Å². The van der Waals surface area contributed by atoms with Crippen molar-refractivity contribution in [3.8, 4) is 0 Å². The second-order valence-corrected chi connectivity index (χ2v) is 3.10. The van der Waals surface area contributed by atoms with Gasteiger partial charge in [0.05, 0.1) is 6.21 Å². The molecule has 64 valence electrons. The molecule has 0 radical (unpaired) electrons. The first kappa shape index (κ1) is 8.78. The minimum absolute atomic E-state index is 0.578. The second-order valence-electron chi connectivity index (χ2n) is 3.10. The Bertz CT molecular complexity index is 260. The zero-order valence-electron chi connectivity index (χ0n) is 7.49. The molecule has 0 heterocycles. The fourth-order valence-electron chi connectivity index (χ4n) is 1.05. The maximum Gasteiger partial charge on any atom is 0.0538 e. The Morgan fingerprint density at radius 1 is 1.25 bits per heavy atom. The smallest absolute Gasteiger partial charge is 0.0538 e. The molecule has 2 N–H and O–H groups in total. The number of hydrogen-bond donors (Lipinski definition) is 1. The van der Waals surface area contributed by atoms with Gasteiger partial charge in [0.15, 0.2) is 0 Å². The highest BCUT2D eigenvalue weighted by atomic mass is 15.1. The molecule has 0 amide bonds. The van der Waals surface area contributed by atoms with E-state index in [1.54, 1.807) is 6.21 Å². The van der Waals surface area contributed by atoms with Crippen molar-refractivity contribution >= 4 is 6.21 Å². The van der Waals surface area contributed by atoms with Crippen LogP contribution < -0.4 is 5.84 Å². The second kappa shape index (κ2) is 3.90. The Morgan fingerprint density at radius 3 is 2.25 bits per heavy atom. The quantitative estimate of drug-likeness (QED) is 0.403. The number of rotatable bonds is 2. The summed E-state index contributed by atoms with van der Waals surface area (Å²) < 4.78 is 0. The van der Waals surface area contributed by atoms with Crippen molar-refractivity contribution in [3.05, 3.63) is 35.4 Å². The van der Waals surface area contributed by atoms with Crippen LogP contribution in [0.15, 0.2) is 29.4 Å². The van der Waals surface area contributed by atoms with Crippen molar-refractivity contribution in [2.45, 2.75) is 19.8 Å². The van der Waals surface area contributed by atoms with Crippen molar-refractivity contribution in [1.82, 2.24) is 0 Å². The van der Waals surface area contributed by atoms with E-state index in [-0.39, 0.29) is 0 Å². The van der Waals surface area contributed by atoms with E-state index in [0.717, 1.165) is 5.56 Å². The highest BCUT2D eigenvalue weighted by Gasteiger charge is 1.96. The summed E-state index contributed by atoms with van der Waals surface area (Å²) in [7, 11) is 0. The van der Waals surface area contributed by atoms with Crippen molar-refractivity contribution < 1.29 is 0 Å². The summed E-state index contributed by atoms with van der Waals surface area (Å²) in [6.07, 6.45) is 1.64. The molecule has 0 bridgehead atoms. The molecule has 0 fully saturated rings. The summed E-state index contributed by atoms with van der Waals surface area (Å²) in [5.41, 5.74) is 2.38. The minimum atomic E-state index is 0.578. The van der Waals surface area contributed by atoms with E-state index in [4.69, 9.17) is 5.84 Å². The number of benzene rings is 1. The van der Waals surface area contributed by atoms with Gasteiger partial charge in [0.1, 0.15) is 0 Å². The van der Waals surface area contributed by atoms with Crippen LogP contribution in [0.2, 0.25) is 0 Å². The average Bonchev–Trinajstić information content (AvgIpc) is 2.06. The van der Waals surface area contributed by atoms with E-state index in [0.29, 0.717) is 5.92 Å². The van der Waals surface area contributed by atoms with Gasteiger partial charge in [-0.15, -0.1) is 0 Å². The predicted octanol–water partition coefficient (Wildman–Crippen LogP) is 2.10. The standard InChI is InChI=1S/C10H14N2/c1-8(2)10-5-3-9(4-6-10)7-12-11/h3-8H,11H2,1-2H3/b12-7+. The molecule has 1 rings (SSSR count). The topological polar surface area (TPSA) is 38.4 Å². The first-order chi connectivity index (χ1) is 5.74. The van der Waals surface area contributed by atoms with Gasteiger partial charge in [0.2, 0.25) is 0 Å². The van der Waals surface area contributed by atoms with Crippen molar-refractivity contribution in [2.75, 3.05) is 0 Å². The molecule has 12 heavy (non-hydrogen) atoms. The number of nitrogens with zero attached hydrogens (tertiary/aromatic N) is 1. The fraction of sp³-hybridized carbons (Fsp3) is 0.300. The van der Waals surface area contributed by atoms with E-state index >= 15 is 0 Å². The van der Waals surface area contributed by atoms with Crippen LogP contribution >= 0.6 is 0 Å². The zero-order valence-corrected chi connectivity index (χ0v) is 7.49. The molecule has 2 nitrogen and oxygen atoms in total. The summed E-state index contributed by atoms with van der Waals surface area (Å²) in [5, 5.41) is 3.46. The molecule has 0 aliphatic rings. The molecular formula is C10H14N2. The third-order valence-corrected chi connectivity index (χ3v) is 1.83. The maximum atomic E-state index is 5.03. The Hall–Kier alpha value is -1.31. The summed E-state index contributed by atoms with van der Waals surface area (Å²) >= 11 is 0. The van der Waals surface area contributed by atoms with Gasteiger partial charge in [-0.05, 0) is 17.0 Å². The van der Waals surface area contributed by atoms with Crippen molar-refractivity contribution in [2.24, 2.45) is 10.9 Å². The average molecular weight is 162 g/mol. The summed E-state index contributed by atoms with van der Waals surface area (Å²) in [6.45, 7) is 4.35. The molecule has 0 aliphatic carbocycles. The number of hydrogen-bond acceptors (Lipinski definition) is 2. The highest BCUT2D eigenvalue weighted by molar-refractivity contribution is 5.79. The SMILES string of the molecule is CC(C)c1ccc(/C=N/N)cc1. The molecule has 1 aromatic rings. The molecule has 0 atom stereocenters. The van der Waals surface area contributed by atoms with Crippen LogP contribution in [-0.4, -0.2) is 6.21 Å². The lowest BCUT2D eigenvalue weighted by molar-refractivity contribution is 0.866.